The predicted molar refractivity (Wildman–Crippen MR) is 93.6 cm³/mol. The zero-order chi connectivity index (χ0) is 16.5. The van der Waals surface area contributed by atoms with E-state index in [0.29, 0.717) is 12.3 Å². The van der Waals surface area contributed by atoms with Gasteiger partial charge in [-0.1, -0.05) is 30.0 Å². The maximum absolute atomic E-state index is 13.0. The van der Waals surface area contributed by atoms with Crippen LogP contribution in [0.4, 0.5) is 5.69 Å². The maximum Gasteiger partial charge on any atom is 0.294 e. The molecule has 6 heteroatoms. The van der Waals surface area contributed by atoms with Crippen molar-refractivity contribution in [1.82, 2.24) is 9.78 Å². The van der Waals surface area contributed by atoms with Gasteiger partial charge in [-0.25, -0.2) is 0 Å². The number of aromatic nitrogens is 2. The van der Waals surface area contributed by atoms with E-state index in [0.717, 1.165) is 22.8 Å². The Hall–Kier alpha value is -2.47. The lowest BCUT2D eigenvalue weighted by Crippen LogP contribution is -2.41. The van der Waals surface area contributed by atoms with E-state index in [4.69, 9.17) is 4.42 Å². The van der Waals surface area contributed by atoms with Crippen molar-refractivity contribution in [3.8, 4) is 0 Å². The largest absolute Gasteiger partial charge is 0.445 e. The van der Waals surface area contributed by atoms with Crippen molar-refractivity contribution in [2.24, 2.45) is 0 Å². The van der Waals surface area contributed by atoms with E-state index < -0.39 is 0 Å². The molecule has 1 atom stereocenters. The van der Waals surface area contributed by atoms with E-state index in [-0.39, 0.29) is 11.9 Å². The minimum Gasteiger partial charge on any atom is -0.445 e. The molecule has 2 aromatic heterocycles. The number of amides is 1. The zero-order valence-electron chi connectivity index (χ0n) is 13.3. The van der Waals surface area contributed by atoms with Crippen molar-refractivity contribution in [1.29, 1.82) is 0 Å². The van der Waals surface area contributed by atoms with E-state index >= 15 is 0 Å². The first-order valence-electron chi connectivity index (χ1n) is 7.79. The van der Waals surface area contributed by atoms with Crippen molar-refractivity contribution in [2.45, 2.75) is 17.6 Å². The summed E-state index contributed by atoms with van der Waals surface area (Å²) in [5.74, 6) is 0.259. The molecule has 1 aromatic carbocycles. The first kappa shape index (κ1) is 15.1. The van der Waals surface area contributed by atoms with Gasteiger partial charge in [0, 0.05) is 24.6 Å². The number of furan rings is 1. The van der Waals surface area contributed by atoms with Crippen molar-refractivity contribution < 1.29 is 9.21 Å². The van der Waals surface area contributed by atoms with Gasteiger partial charge in [0.2, 0.25) is 0 Å². The van der Waals surface area contributed by atoms with Gasteiger partial charge < -0.3 is 9.32 Å². The third-order valence-electron chi connectivity index (χ3n) is 4.27. The van der Waals surface area contributed by atoms with E-state index in [9.17, 15) is 4.79 Å². The number of carbonyl (C=O) groups excluding carboxylic acids is 1. The molecular formula is C18H17N3O2S. The Kier molecular flexibility index (Phi) is 3.90. The molecule has 3 heterocycles. The number of hydrogen-bond donors (Lipinski definition) is 0. The highest BCUT2D eigenvalue weighted by molar-refractivity contribution is 7.98. The number of rotatable bonds is 3. The summed E-state index contributed by atoms with van der Waals surface area (Å²) in [6.45, 7) is 0.576. The quantitative estimate of drug-likeness (QED) is 0.684. The Morgan fingerprint density at radius 3 is 2.88 bits per heavy atom. The van der Waals surface area contributed by atoms with Gasteiger partial charge >= 0.3 is 0 Å². The molecule has 0 aliphatic carbocycles. The van der Waals surface area contributed by atoms with Gasteiger partial charge in [-0.2, -0.15) is 5.10 Å². The molecule has 1 amide bonds. The molecule has 1 aliphatic heterocycles. The van der Waals surface area contributed by atoms with Crippen molar-refractivity contribution in [3.63, 3.8) is 0 Å². The summed E-state index contributed by atoms with van der Waals surface area (Å²) in [5, 5.41) is 5.09. The Morgan fingerprint density at radius 2 is 2.12 bits per heavy atom. The molecule has 0 saturated heterocycles. The van der Waals surface area contributed by atoms with E-state index in [1.54, 1.807) is 17.2 Å². The molecule has 0 unspecified atom stereocenters. The third kappa shape index (κ3) is 2.63. The van der Waals surface area contributed by atoms with Crippen LogP contribution in [0.15, 0.2) is 64.4 Å². The van der Waals surface area contributed by atoms with Gasteiger partial charge in [-0.05, 0) is 42.5 Å². The molecule has 3 aromatic rings. The van der Waals surface area contributed by atoms with Crippen molar-refractivity contribution >= 4 is 23.4 Å². The SMILES string of the molecule is CSc1ccc(C(=O)N2C[C@H](n3cccn3)Cc3ccccc32)o1. The van der Waals surface area contributed by atoms with Crippen LogP contribution in [0.2, 0.25) is 0 Å². The molecule has 24 heavy (non-hydrogen) atoms. The summed E-state index contributed by atoms with van der Waals surface area (Å²) < 4.78 is 7.56. The van der Waals surface area contributed by atoms with Crippen LogP contribution < -0.4 is 4.90 Å². The van der Waals surface area contributed by atoms with Crippen LogP contribution >= 0.6 is 11.8 Å². The van der Waals surface area contributed by atoms with Gasteiger partial charge in [-0.15, -0.1) is 0 Å². The summed E-state index contributed by atoms with van der Waals surface area (Å²) in [5.41, 5.74) is 2.10. The molecule has 122 valence electrons. The molecule has 5 nitrogen and oxygen atoms in total. The summed E-state index contributed by atoms with van der Waals surface area (Å²) >= 11 is 1.49. The maximum atomic E-state index is 13.0. The topological polar surface area (TPSA) is 51.3 Å². The number of benzene rings is 1. The standard InChI is InChI=1S/C18H17N3O2S/c1-24-17-8-7-16(23-17)18(22)20-12-14(21-10-4-9-19-21)11-13-5-2-3-6-15(13)20/h2-10,14H,11-12H2,1H3/t14-/m1/s1. The fourth-order valence-electron chi connectivity index (χ4n) is 3.12. The molecule has 0 spiro atoms. The van der Waals surface area contributed by atoms with Crippen LogP contribution in [0.3, 0.4) is 0 Å². The number of hydrogen-bond acceptors (Lipinski definition) is 4. The second-order valence-corrected chi connectivity index (χ2v) is 6.52. The molecule has 0 bridgehead atoms. The van der Waals surface area contributed by atoms with Crippen molar-refractivity contribution in [3.05, 3.63) is 66.2 Å². The number of thioether (sulfide) groups is 1. The van der Waals surface area contributed by atoms with Gasteiger partial charge in [-0.3, -0.25) is 9.48 Å². The molecular weight excluding hydrogens is 322 g/mol. The lowest BCUT2D eigenvalue weighted by molar-refractivity contribution is 0.0948. The third-order valence-corrected chi connectivity index (χ3v) is 4.89. The summed E-state index contributed by atoms with van der Waals surface area (Å²) in [7, 11) is 0. The summed E-state index contributed by atoms with van der Waals surface area (Å²) in [4.78, 5) is 14.8. The highest BCUT2D eigenvalue weighted by atomic mass is 32.2. The lowest BCUT2D eigenvalue weighted by Gasteiger charge is -2.34. The highest BCUT2D eigenvalue weighted by Crippen LogP contribution is 2.33. The van der Waals surface area contributed by atoms with Gasteiger partial charge in [0.1, 0.15) is 0 Å². The van der Waals surface area contributed by atoms with Crippen LogP contribution in [0, 0.1) is 0 Å². The van der Waals surface area contributed by atoms with Crippen LogP contribution in [-0.4, -0.2) is 28.5 Å². The van der Waals surface area contributed by atoms with Crippen LogP contribution in [0.25, 0.3) is 0 Å². The number of para-hydroxylation sites is 1. The number of carbonyl (C=O) groups is 1. The van der Waals surface area contributed by atoms with Gasteiger partial charge in [0.15, 0.2) is 10.9 Å². The monoisotopic (exact) mass is 339 g/mol. The van der Waals surface area contributed by atoms with Crippen molar-refractivity contribution in [2.75, 3.05) is 17.7 Å². The molecule has 0 N–H and O–H groups in total. The van der Waals surface area contributed by atoms with Gasteiger partial charge in [0.05, 0.1) is 6.04 Å². The number of anilines is 1. The predicted octanol–water partition coefficient (Wildman–Crippen LogP) is 3.64. The zero-order valence-corrected chi connectivity index (χ0v) is 14.1. The lowest BCUT2D eigenvalue weighted by atomic mass is 9.97. The molecule has 0 saturated carbocycles. The molecule has 0 radical (unpaired) electrons. The summed E-state index contributed by atoms with van der Waals surface area (Å²) in [6.07, 6.45) is 6.50. The summed E-state index contributed by atoms with van der Waals surface area (Å²) in [6, 6.07) is 13.6. The van der Waals surface area contributed by atoms with E-state index in [1.165, 1.54) is 11.8 Å². The van der Waals surface area contributed by atoms with Crippen LogP contribution in [-0.2, 0) is 6.42 Å². The van der Waals surface area contributed by atoms with E-state index in [1.807, 2.05) is 47.5 Å². The Bertz CT molecular complexity index is 857. The Morgan fingerprint density at radius 1 is 1.25 bits per heavy atom. The second-order valence-electron chi connectivity index (χ2n) is 5.71. The minimum atomic E-state index is -0.111. The average molecular weight is 339 g/mol. The first-order chi connectivity index (χ1) is 11.8. The molecule has 0 fully saturated rings. The average Bonchev–Trinajstić information content (AvgIpc) is 3.31. The van der Waals surface area contributed by atoms with Gasteiger partial charge in [0.25, 0.3) is 5.91 Å². The Labute approximate surface area is 144 Å². The fourth-order valence-corrected chi connectivity index (χ4v) is 3.50. The number of fused-ring (bicyclic) bond motifs is 1. The first-order valence-corrected chi connectivity index (χ1v) is 9.01. The Balaban J connectivity index is 1.71. The minimum absolute atomic E-state index is 0.111. The van der Waals surface area contributed by atoms with Crippen LogP contribution in [0.5, 0.6) is 0 Å². The molecule has 4 rings (SSSR count). The molecule has 1 aliphatic rings. The normalized spacial score (nSPS) is 16.9. The highest BCUT2D eigenvalue weighted by Gasteiger charge is 2.31. The second kappa shape index (κ2) is 6.20. The number of nitrogens with zero attached hydrogens (tertiary/aromatic N) is 3. The smallest absolute Gasteiger partial charge is 0.294 e. The van der Waals surface area contributed by atoms with Crippen LogP contribution in [0.1, 0.15) is 22.2 Å². The fraction of sp³-hybridized carbons (Fsp3) is 0.222. The van der Waals surface area contributed by atoms with E-state index in [2.05, 4.69) is 11.2 Å².